The molecular weight excluding hydrogens is 352 g/mol. The van der Waals surface area contributed by atoms with Crippen LogP contribution in [-0.4, -0.2) is 13.1 Å². The largest absolute Gasteiger partial charge is 0.487 e. The van der Waals surface area contributed by atoms with Crippen LogP contribution >= 0.6 is 11.6 Å². The zero-order valence-corrected chi connectivity index (χ0v) is 13.0. The number of carbonyl (C=O) groups excluding carboxylic acids is 1. The Hall–Kier alpha value is -2.28. The highest BCUT2D eigenvalue weighted by Crippen LogP contribution is 2.35. The van der Waals surface area contributed by atoms with Crippen LogP contribution in [0.1, 0.15) is 21.5 Å². The Labute approximate surface area is 139 Å². The molecule has 0 N–H and O–H groups in total. The lowest BCUT2D eigenvalue weighted by Gasteiger charge is -2.13. The molecule has 0 aliphatic heterocycles. The van der Waals surface area contributed by atoms with E-state index in [1.807, 2.05) is 0 Å². The number of ether oxygens (including phenoxy) is 2. The van der Waals surface area contributed by atoms with Gasteiger partial charge in [-0.3, -0.25) is 0 Å². The highest BCUT2D eigenvalue weighted by Gasteiger charge is 2.31. The van der Waals surface area contributed by atoms with Crippen LogP contribution in [0.3, 0.4) is 0 Å². The van der Waals surface area contributed by atoms with Crippen LogP contribution in [-0.2, 0) is 17.5 Å². The summed E-state index contributed by atoms with van der Waals surface area (Å²) in [5.41, 5.74) is -0.642. The molecular formula is C16H11ClF4O3. The Kier molecular flexibility index (Phi) is 5.33. The van der Waals surface area contributed by atoms with Crippen molar-refractivity contribution < 1.29 is 31.8 Å². The third-order valence-corrected chi connectivity index (χ3v) is 3.41. The topological polar surface area (TPSA) is 35.5 Å². The van der Waals surface area contributed by atoms with Gasteiger partial charge in [-0.25, -0.2) is 9.18 Å². The maximum absolute atomic E-state index is 13.3. The summed E-state index contributed by atoms with van der Waals surface area (Å²) >= 11 is 5.78. The molecule has 0 amide bonds. The average molecular weight is 363 g/mol. The van der Waals surface area contributed by atoms with Crippen LogP contribution in [0.5, 0.6) is 5.75 Å². The van der Waals surface area contributed by atoms with Gasteiger partial charge in [-0.2, -0.15) is 13.2 Å². The van der Waals surface area contributed by atoms with Crippen LogP contribution in [0.4, 0.5) is 17.6 Å². The second kappa shape index (κ2) is 7.09. The number of esters is 1. The lowest BCUT2D eigenvalue weighted by molar-refractivity contribution is -0.137. The Morgan fingerprint density at radius 3 is 2.46 bits per heavy atom. The van der Waals surface area contributed by atoms with Crippen molar-refractivity contribution in [3.8, 4) is 5.75 Å². The minimum Gasteiger partial charge on any atom is -0.487 e. The monoisotopic (exact) mass is 362 g/mol. The highest BCUT2D eigenvalue weighted by molar-refractivity contribution is 6.32. The summed E-state index contributed by atoms with van der Waals surface area (Å²) in [5, 5.41) is -0.230. The van der Waals surface area contributed by atoms with Crippen molar-refractivity contribution in [2.24, 2.45) is 0 Å². The van der Waals surface area contributed by atoms with E-state index in [-0.39, 0.29) is 22.9 Å². The minimum absolute atomic E-state index is 0.00445. The summed E-state index contributed by atoms with van der Waals surface area (Å²) in [6, 6.07) is 6.07. The molecule has 0 spiro atoms. The molecule has 0 saturated heterocycles. The third kappa shape index (κ3) is 4.17. The Morgan fingerprint density at radius 1 is 1.17 bits per heavy atom. The van der Waals surface area contributed by atoms with Crippen molar-refractivity contribution in [3.05, 3.63) is 63.9 Å². The van der Waals surface area contributed by atoms with Gasteiger partial charge in [0, 0.05) is 5.56 Å². The van der Waals surface area contributed by atoms with Gasteiger partial charge in [-0.1, -0.05) is 17.7 Å². The van der Waals surface area contributed by atoms with E-state index in [9.17, 15) is 22.4 Å². The quantitative estimate of drug-likeness (QED) is 0.575. The van der Waals surface area contributed by atoms with E-state index in [1.165, 1.54) is 6.07 Å². The van der Waals surface area contributed by atoms with Crippen LogP contribution in [0.25, 0.3) is 0 Å². The molecule has 3 nitrogen and oxygen atoms in total. The van der Waals surface area contributed by atoms with Gasteiger partial charge in [0.15, 0.2) is 0 Å². The van der Waals surface area contributed by atoms with Gasteiger partial charge < -0.3 is 9.47 Å². The first-order valence-electron chi connectivity index (χ1n) is 6.58. The van der Waals surface area contributed by atoms with Gasteiger partial charge in [-0.15, -0.1) is 0 Å². The number of rotatable bonds is 4. The molecule has 0 saturated carbocycles. The van der Waals surface area contributed by atoms with Crippen molar-refractivity contribution in [1.29, 1.82) is 0 Å². The summed E-state index contributed by atoms with van der Waals surface area (Å²) in [7, 11) is 1.14. The van der Waals surface area contributed by atoms with Crippen LogP contribution in [0.2, 0.25) is 5.02 Å². The second-order valence-corrected chi connectivity index (χ2v) is 5.13. The lowest BCUT2D eigenvalue weighted by atomic mass is 10.1. The molecule has 2 aromatic carbocycles. The van der Waals surface area contributed by atoms with E-state index in [0.29, 0.717) is 5.56 Å². The summed E-state index contributed by atoms with van der Waals surface area (Å²) in [4.78, 5) is 11.6. The second-order valence-electron chi connectivity index (χ2n) is 4.72. The molecule has 8 heteroatoms. The summed E-state index contributed by atoms with van der Waals surface area (Å²) in [5.74, 6) is -1.39. The zero-order chi connectivity index (χ0) is 17.9. The summed E-state index contributed by atoms with van der Waals surface area (Å²) < 4.78 is 60.9. The van der Waals surface area contributed by atoms with Gasteiger partial charge >= 0.3 is 12.1 Å². The first-order chi connectivity index (χ1) is 11.2. The predicted molar refractivity (Wildman–Crippen MR) is 78.5 cm³/mol. The SMILES string of the molecule is COC(=O)c1cc(F)ccc1COc1ccc(C(F)(F)F)cc1Cl. The number of halogens is 5. The Bertz CT molecular complexity index is 759. The first-order valence-corrected chi connectivity index (χ1v) is 6.96. The van der Waals surface area contributed by atoms with E-state index in [0.717, 1.165) is 37.4 Å². The van der Waals surface area contributed by atoms with Crippen molar-refractivity contribution in [1.82, 2.24) is 0 Å². The van der Waals surface area contributed by atoms with Gasteiger partial charge in [0.2, 0.25) is 0 Å². The maximum Gasteiger partial charge on any atom is 0.416 e. The molecule has 0 heterocycles. The standard InChI is InChI=1S/C16H11ClF4O3/c1-23-15(22)12-7-11(18)4-2-9(12)8-24-14-5-3-10(6-13(14)17)16(19,20)21/h2-7H,8H2,1H3. The molecule has 0 fully saturated rings. The molecule has 128 valence electrons. The van der Waals surface area contributed by atoms with Crippen molar-refractivity contribution >= 4 is 17.6 Å². The molecule has 0 aromatic heterocycles. The van der Waals surface area contributed by atoms with Gasteiger partial charge in [0.1, 0.15) is 18.2 Å². The molecule has 0 unspecified atom stereocenters. The smallest absolute Gasteiger partial charge is 0.416 e. The van der Waals surface area contributed by atoms with Crippen molar-refractivity contribution in [3.63, 3.8) is 0 Å². The molecule has 0 atom stereocenters. The number of methoxy groups -OCH3 is 1. The summed E-state index contributed by atoms with van der Waals surface area (Å²) in [6.45, 7) is -0.199. The van der Waals surface area contributed by atoms with Gasteiger partial charge in [0.25, 0.3) is 0 Å². The summed E-state index contributed by atoms with van der Waals surface area (Å²) in [6.07, 6.45) is -4.52. The fourth-order valence-corrected chi connectivity index (χ4v) is 2.16. The molecule has 0 radical (unpaired) electrons. The van der Waals surface area contributed by atoms with Crippen LogP contribution in [0, 0.1) is 5.82 Å². The molecule has 0 aliphatic rings. The fourth-order valence-electron chi connectivity index (χ4n) is 1.92. The molecule has 0 aliphatic carbocycles. The number of hydrogen-bond acceptors (Lipinski definition) is 3. The molecule has 0 bridgehead atoms. The van der Waals surface area contributed by atoms with E-state index in [4.69, 9.17) is 16.3 Å². The first kappa shape index (κ1) is 18.1. The number of benzene rings is 2. The normalized spacial score (nSPS) is 11.2. The lowest BCUT2D eigenvalue weighted by Crippen LogP contribution is -2.09. The van der Waals surface area contributed by atoms with E-state index in [2.05, 4.69) is 4.74 Å². The Morgan fingerprint density at radius 2 is 1.88 bits per heavy atom. The average Bonchev–Trinajstić information content (AvgIpc) is 2.52. The number of carbonyl (C=O) groups is 1. The van der Waals surface area contributed by atoms with Crippen molar-refractivity contribution in [2.75, 3.05) is 7.11 Å². The molecule has 2 rings (SSSR count). The van der Waals surface area contributed by atoms with Gasteiger partial charge in [0.05, 0.1) is 23.3 Å². The van der Waals surface area contributed by atoms with Crippen LogP contribution < -0.4 is 4.74 Å². The third-order valence-electron chi connectivity index (χ3n) is 3.12. The minimum atomic E-state index is -4.52. The maximum atomic E-state index is 13.3. The van der Waals surface area contributed by atoms with Crippen LogP contribution in [0.15, 0.2) is 36.4 Å². The zero-order valence-electron chi connectivity index (χ0n) is 12.3. The van der Waals surface area contributed by atoms with Crippen molar-refractivity contribution in [2.45, 2.75) is 12.8 Å². The molecule has 2 aromatic rings. The highest BCUT2D eigenvalue weighted by atomic mass is 35.5. The predicted octanol–water partition coefficient (Wildman–Crippen LogP) is 4.86. The fraction of sp³-hybridized carbons (Fsp3) is 0.188. The van der Waals surface area contributed by atoms with E-state index in [1.54, 1.807) is 0 Å². The molecule has 24 heavy (non-hydrogen) atoms. The van der Waals surface area contributed by atoms with E-state index >= 15 is 0 Å². The van der Waals surface area contributed by atoms with Gasteiger partial charge in [-0.05, 0) is 30.3 Å². The Balaban J connectivity index is 2.21. The van der Waals surface area contributed by atoms with E-state index < -0.39 is 23.5 Å². The number of alkyl halides is 3. The number of hydrogen-bond donors (Lipinski definition) is 0.